The standard InChI is InChI=1S/C34H34FN5O2.C29H23FN4O2.C5H11NO.C4H6O4.C2H3BO2.Na/c1-20-23(22-17-27(35)26(32(18-22)42-3)19-39-29-11-6-12-31(29)41)7-4-8-24(20)25-9-5-10-28(21(25)2)40-34-33-30(13-14-38-34)36-15-16-37-33;1-17-20(19-14-24(30)23(16-35)27(15-19)36-3)6-4-7-21(17)22-8-5-9-25(18(22)2)34-29-28-26(10-11-33-29)31-12-13-32-28;6-4-2-1-3-5(4)7;1-3(5)7-8-4(2)6;1-2(4)5-3;/h4-5,7-10,13-18,29,31,39,41H,6,11-12,19H2,1-3H3,(H,38,40);4-16H,1-3H3,(H,33,34);4-5,7H,1-3,6H2;1-2H3;1H3;/q;;;;-1;+1/t29-,31-;;4-,5-;;;/m0.0.../s1. The van der Waals surface area contributed by atoms with Crippen LogP contribution >= 0.6 is 0 Å². The van der Waals surface area contributed by atoms with E-state index in [-0.39, 0.29) is 64.9 Å². The fourth-order valence-electron chi connectivity index (χ4n) is 11.5. The maximum absolute atomic E-state index is 15.5. The smallest absolute Gasteiger partial charge is 0.793 e. The van der Waals surface area contributed by atoms with Crippen LogP contribution in [0.4, 0.5) is 31.8 Å². The third-order valence-corrected chi connectivity index (χ3v) is 16.6. The van der Waals surface area contributed by atoms with Crippen molar-refractivity contribution in [1.82, 2.24) is 35.2 Å². The Hall–Kier alpha value is -9.66. The summed E-state index contributed by atoms with van der Waals surface area (Å²) in [6.45, 7) is 12.0. The number of halogens is 2. The van der Waals surface area contributed by atoms with E-state index in [0.717, 1.165) is 136 Å². The summed E-state index contributed by atoms with van der Waals surface area (Å²) in [5.74, 6) is -0.722. The molecule has 99 heavy (non-hydrogen) atoms. The number of nitrogens with zero attached hydrogens (tertiary/aromatic N) is 6. The Morgan fingerprint density at radius 3 is 1.38 bits per heavy atom. The minimum atomic E-state index is -0.639. The second-order valence-electron chi connectivity index (χ2n) is 23.1. The summed E-state index contributed by atoms with van der Waals surface area (Å²) in [7, 11) is 7.31. The number of carbonyl (C=O) groups excluding carboxylic acids is 4. The van der Waals surface area contributed by atoms with Crippen molar-refractivity contribution < 1.29 is 91.6 Å². The van der Waals surface area contributed by atoms with Crippen molar-refractivity contribution in [2.75, 3.05) is 24.9 Å². The zero-order valence-corrected chi connectivity index (χ0v) is 58.9. The first-order valence-electron chi connectivity index (χ1n) is 31.5. The molecule has 0 spiro atoms. The molecule has 2 aliphatic rings. The van der Waals surface area contributed by atoms with Gasteiger partial charge in [0.2, 0.25) is 5.97 Å². The number of aromatic nitrogens is 6. The molecule has 21 nitrogen and oxygen atoms in total. The van der Waals surface area contributed by atoms with E-state index in [1.165, 1.54) is 20.1 Å². The molecule has 3 radical (unpaired) electrons. The number of fused-ring (bicyclic) bond motifs is 2. The zero-order chi connectivity index (χ0) is 70.6. The van der Waals surface area contributed by atoms with Crippen LogP contribution in [0, 0.1) is 39.3 Å². The van der Waals surface area contributed by atoms with Gasteiger partial charge in [-0.25, -0.2) is 48.1 Å². The molecule has 2 saturated carbocycles. The van der Waals surface area contributed by atoms with Gasteiger partial charge in [0.05, 0.1) is 43.0 Å². The van der Waals surface area contributed by atoms with Gasteiger partial charge in [-0.3, -0.25) is 19.6 Å². The molecule has 12 rings (SSSR count). The number of aliphatic hydroxyl groups is 2. The van der Waals surface area contributed by atoms with Crippen LogP contribution < -0.4 is 60.7 Å². The van der Waals surface area contributed by atoms with Gasteiger partial charge in [-0.2, -0.15) is 0 Å². The van der Waals surface area contributed by atoms with Gasteiger partial charge in [0, 0.05) is 93.5 Å². The predicted molar refractivity (Wildman–Crippen MR) is 373 cm³/mol. The van der Waals surface area contributed by atoms with Crippen LogP contribution in [0.1, 0.15) is 97.5 Å². The Balaban J connectivity index is 0.000000217. The van der Waals surface area contributed by atoms with Crippen molar-refractivity contribution in [2.45, 2.75) is 118 Å². The molecule has 2 aliphatic carbocycles. The van der Waals surface area contributed by atoms with E-state index in [1.54, 1.807) is 56.4 Å². The molecule has 0 unspecified atom stereocenters. The molecule has 2 fully saturated rings. The third kappa shape index (κ3) is 19.8. The van der Waals surface area contributed by atoms with Crippen molar-refractivity contribution in [3.05, 3.63) is 191 Å². The molecule has 7 N–H and O–H groups in total. The summed E-state index contributed by atoms with van der Waals surface area (Å²) in [4.78, 5) is 74.7. The second kappa shape index (κ2) is 36.8. The predicted octanol–water partition coefficient (Wildman–Crippen LogP) is 10.1. The van der Waals surface area contributed by atoms with Crippen LogP contribution in [0.2, 0.25) is 0 Å². The number of aldehydes is 1. The van der Waals surface area contributed by atoms with Gasteiger partial charge in [0.25, 0.3) is 0 Å². The van der Waals surface area contributed by atoms with E-state index in [9.17, 15) is 28.7 Å². The summed E-state index contributed by atoms with van der Waals surface area (Å²) in [5.41, 5.74) is 22.0. The number of nitrogens with two attached hydrogens (primary N) is 1. The number of rotatable bonds is 14. The summed E-state index contributed by atoms with van der Waals surface area (Å²) < 4.78 is 44.7. The van der Waals surface area contributed by atoms with E-state index in [2.05, 4.69) is 100 Å². The quantitative estimate of drug-likeness (QED) is 0.0255. The molecular weight excluding hydrogens is 1280 g/mol. The van der Waals surface area contributed by atoms with E-state index in [0.29, 0.717) is 52.4 Å². The van der Waals surface area contributed by atoms with Crippen molar-refractivity contribution >= 4 is 77.3 Å². The summed E-state index contributed by atoms with van der Waals surface area (Å²) in [6.07, 6.45) is 15.6. The Morgan fingerprint density at radius 1 is 0.556 bits per heavy atom. The molecule has 0 aliphatic heterocycles. The number of pyridine rings is 2. The average molecular weight is 1350 g/mol. The van der Waals surface area contributed by atoms with Crippen LogP contribution in [-0.4, -0.2) is 111 Å². The van der Waals surface area contributed by atoms with E-state index >= 15 is 4.39 Å². The average Bonchev–Trinajstić information content (AvgIpc) is 1.30. The van der Waals surface area contributed by atoms with Gasteiger partial charge in [-0.1, -0.05) is 60.7 Å². The number of nitrogens with one attached hydrogen (secondary N) is 3. The molecule has 507 valence electrons. The molecule has 0 amide bonds. The van der Waals surface area contributed by atoms with Crippen molar-refractivity contribution in [1.29, 1.82) is 0 Å². The fraction of sp³-hybridized carbons (Fsp3) is 0.270. The minimum Gasteiger partial charge on any atom is -0.793 e. The fourth-order valence-corrected chi connectivity index (χ4v) is 11.5. The van der Waals surface area contributed by atoms with Crippen molar-refractivity contribution in [3.63, 3.8) is 0 Å². The molecule has 6 aromatic carbocycles. The van der Waals surface area contributed by atoms with Gasteiger partial charge in [-0.15, -0.1) is 0 Å². The zero-order valence-electron chi connectivity index (χ0n) is 56.9. The molecule has 25 heteroatoms. The Bertz CT molecular complexity index is 4450. The van der Waals surface area contributed by atoms with Crippen molar-refractivity contribution in [3.8, 4) is 56.0 Å². The van der Waals surface area contributed by atoms with Gasteiger partial charge >= 0.3 is 41.5 Å². The molecule has 0 bridgehead atoms. The first kappa shape index (κ1) is 76.7. The van der Waals surface area contributed by atoms with Crippen LogP contribution in [0.25, 0.3) is 66.6 Å². The Labute approximate surface area is 596 Å². The number of anilines is 4. The maximum Gasteiger partial charge on any atom is 1.00 e. The monoisotopic (exact) mass is 1350 g/mol. The minimum absolute atomic E-state index is 0. The number of methoxy groups -OCH3 is 2. The Morgan fingerprint density at radius 2 is 0.980 bits per heavy atom. The second-order valence-corrected chi connectivity index (χ2v) is 23.1. The van der Waals surface area contributed by atoms with Crippen LogP contribution in [0.15, 0.2) is 146 Å². The van der Waals surface area contributed by atoms with Crippen LogP contribution in [0.5, 0.6) is 11.5 Å². The number of benzene rings is 6. The number of aliphatic hydroxyl groups excluding tert-OH is 2. The van der Waals surface area contributed by atoms with E-state index < -0.39 is 29.8 Å². The third-order valence-electron chi connectivity index (χ3n) is 16.6. The summed E-state index contributed by atoms with van der Waals surface area (Å²) >= 11 is 0. The first-order valence-corrected chi connectivity index (χ1v) is 31.5. The molecule has 4 heterocycles. The van der Waals surface area contributed by atoms with Crippen LogP contribution in [0.3, 0.4) is 0 Å². The van der Waals surface area contributed by atoms with Gasteiger partial charge in [0.15, 0.2) is 17.9 Å². The number of carbonyl (C=O) groups is 4. The van der Waals surface area contributed by atoms with E-state index in [1.807, 2.05) is 86.6 Å². The Kier molecular flexibility index (Phi) is 28.5. The van der Waals surface area contributed by atoms with Gasteiger partial charge in [0.1, 0.15) is 34.2 Å². The SMILES string of the molecule is CC(=O)OOC(C)=O.COc1cc(-c2cccc(-c3cccc(Nc4nccc5nccnc45)c3C)c2C)cc(F)c1C=O.COc1cc(-c2cccc(-c3cccc(Nc4nccc5nccnc45)c3C)c2C)cc(F)c1CN[C@H]1CCC[C@@H]1O.N[C@H]1CCC[C@@H]1O.[B-]OC(C)=O.[Na+]. The topological polar surface area (TPSA) is 294 Å². The maximum atomic E-state index is 15.5. The normalized spacial score (nSPS) is 14.9. The molecule has 10 aromatic rings. The number of ether oxygens (including phenoxy) is 2. The van der Waals surface area contributed by atoms with E-state index in [4.69, 9.17) is 20.3 Å². The van der Waals surface area contributed by atoms with Crippen molar-refractivity contribution in [2.24, 2.45) is 5.73 Å². The molecule has 4 atom stereocenters. The molecular formula is C74H77BF2N10NaO11. The van der Waals surface area contributed by atoms with Gasteiger partial charge < -0.3 is 54.1 Å². The van der Waals surface area contributed by atoms with Gasteiger partial charge in [-0.05, 0) is 182 Å². The largest absolute Gasteiger partial charge is 1.00 e. The summed E-state index contributed by atoms with van der Waals surface area (Å²) in [5, 5.41) is 29.2. The number of hydrogen-bond donors (Lipinski definition) is 6. The van der Waals surface area contributed by atoms with Crippen LogP contribution in [-0.2, 0) is 35.4 Å². The summed E-state index contributed by atoms with van der Waals surface area (Å²) in [6, 6.07) is 34.4. The molecule has 0 saturated heterocycles. The molecule has 4 aromatic heterocycles. The first-order chi connectivity index (χ1) is 47.2. The number of hydrogen-bond acceptors (Lipinski definition) is 21.